The van der Waals surface area contributed by atoms with Crippen molar-refractivity contribution < 1.29 is 9.13 Å². The standard InChI is InChI=1S/C13H10FNO/c1-8-2-4-10-12(6-8)16-13-7-9(14)3-5-11(13)15-10/h2-7,15H,1H3. The van der Waals surface area contributed by atoms with E-state index >= 15 is 0 Å². The maximum absolute atomic E-state index is 13.0. The van der Waals surface area contributed by atoms with E-state index in [4.69, 9.17) is 4.74 Å². The lowest BCUT2D eigenvalue weighted by Crippen LogP contribution is -2.03. The van der Waals surface area contributed by atoms with E-state index in [-0.39, 0.29) is 5.82 Å². The van der Waals surface area contributed by atoms with Crippen LogP contribution in [0.3, 0.4) is 0 Å². The van der Waals surface area contributed by atoms with Crippen LogP contribution in [-0.4, -0.2) is 0 Å². The normalized spacial score (nSPS) is 12.1. The molecular weight excluding hydrogens is 205 g/mol. The number of anilines is 2. The van der Waals surface area contributed by atoms with Crippen LogP contribution >= 0.6 is 0 Å². The molecule has 3 rings (SSSR count). The minimum absolute atomic E-state index is 0.295. The molecule has 0 atom stereocenters. The number of hydrogen-bond acceptors (Lipinski definition) is 2. The lowest BCUT2D eigenvalue weighted by atomic mass is 10.1. The van der Waals surface area contributed by atoms with E-state index in [0.29, 0.717) is 5.75 Å². The van der Waals surface area contributed by atoms with E-state index in [1.165, 1.54) is 12.1 Å². The first-order valence-electron chi connectivity index (χ1n) is 5.07. The first kappa shape index (κ1) is 9.21. The summed E-state index contributed by atoms with van der Waals surface area (Å²) >= 11 is 0. The van der Waals surface area contributed by atoms with Gasteiger partial charge in [-0.1, -0.05) is 6.07 Å². The van der Waals surface area contributed by atoms with Gasteiger partial charge in [0.25, 0.3) is 0 Å². The molecule has 2 aromatic carbocycles. The molecule has 2 nitrogen and oxygen atoms in total. The van der Waals surface area contributed by atoms with E-state index in [2.05, 4.69) is 5.32 Å². The third kappa shape index (κ3) is 1.41. The highest BCUT2D eigenvalue weighted by Gasteiger charge is 2.16. The van der Waals surface area contributed by atoms with Gasteiger partial charge >= 0.3 is 0 Å². The molecule has 0 fully saturated rings. The average Bonchev–Trinajstić information content (AvgIpc) is 2.26. The van der Waals surface area contributed by atoms with Crippen molar-refractivity contribution in [2.24, 2.45) is 0 Å². The van der Waals surface area contributed by atoms with Crippen molar-refractivity contribution in [3.05, 3.63) is 47.8 Å². The number of rotatable bonds is 0. The molecular formula is C13H10FNO. The van der Waals surface area contributed by atoms with Crippen LogP contribution in [0.15, 0.2) is 36.4 Å². The van der Waals surface area contributed by atoms with Crippen molar-refractivity contribution in [1.82, 2.24) is 0 Å². The first-order chi connectivity index (χ1) is 7.72. The van der Waals surface area contributed by atoms with Crippen molar-refractivity contribution in [1.29, 1.82) is 0 Å². The summed E-state index contributed by atoms with van der Waals surface area (Å²) in [4.78, 5) is 0. The van der Waals surface area contributed by atoms with Crippen LogP contribution in [-0.2, 0) is 0 Å². The topological polar surface area (TPSA) is 21.3 Å². The molecule has 1 aliphatic rings. The Bertz CT molecular complexity index is 516. The molecule has 2 aromatic rings. The average molecular weight is 215 g/mol. The Morgan fingerprint density at radius 2 is 1.69 bits per heavy atom. The van der Waals surface area contributed by atoms with Gasteiger partial charge in [-0.25, -0.2) is 4.39 Å². The van der Waals surface area contributed by atoms with E-state index in [0.717, 1.165) is 22.7 Å². The molecule has 0 aliphatic carbocycles. The van der Waals surface area contributed by atoms with Crippen LogP contribution in [0.1, 0.15) is 5.56 Å². The molecule has 0 spiro atoms. The van der Waals surface area contributed by atoms with Gasteiger partial charge in [0.1, 0.15) is 5.82 Å². The molecule has 1 heterocycles. The third-order valence-electron chi connectivity index (χ3n) is 2.57. The van der Waals surface area contributed by atoms with Crippen LogP contribution in [0, 0.1) is 12.7 Å². The van der Waals surface area contributed by atoms with E-state index < -0.39 is 0 Å². The van der Waals surface area contributed by atoms with Gasteiger partial charge in [0.05, 0.1) is 11.4 Å². The molecule has 1 N–H and O–H groups in total. The fourth-order valence-electron chi connectivity index (χ4n) is 1.76. The second-order valence-electron chi connectivity index (χ2n) is 3.87. The number of hydrogen-bond donors (Lipinski definition) is 1. The Balaban J connectivity index is 2.10. The number of fused-ring (bicyclic) bond motifs is 2. The van der Waals surface area contributed by atoms with Gasteiger partial charge in [-0.15, -0.1) is 0 Å². The third-order valence-corrected chi connectivity index (χ3v) is 2.57. The van der Waals surface area contributed by atoms with Gasteiger partial charge in [0.15, 0.2) is 11.5 Å². The SMILES string of the molecule is Cc1ccc2c(c1)Oc1cc(F)ccc1N2. The predicted octanol–water partition coefficient (Wildman–Crippen LogP) is 3.98. The summed E-state index contributed by atoms with van der Waals surface area (Å²) in [7, 11) is 0. The minimum Gasteiger partial charge on any atom is -0.453 e. The Morgan fingerprint density at radius 1 is 1.00 bits per heavy atom. The Morgan fingerprint density at radius 3 is 2.50 bits per heavy atom. The van der Waals surface area contributed by atoms with Gasteiger partial charge in [-0.05, 0) is 36.8 Å². The van der Waals surface area contributed by atoms with Gasteiger partial charge in [-0.3, -0.25) is 0 Å². The fraction of sp³-hybridized carbons (Fsp3) is 0.0769. The van der Waals surface area contributed by atoms with Gasteiger partial charge in [0.2, 0.25) is 0 Å². The smallest absolute Gasteiger partial charge is 0.153 e. The minimum atomic E-state index is -0.295. The molecule has 80 valence electrons. The number of aryl methyl sites for hydroxylation is 1. The summed E-state index contributed by atoms with van der Waals surface area (Å²) in [5.41, 5.74) is 2.81. The van der Waals surface area contributed by atoms with Crippen molar-refractivity contribution in [2.45, 2.75) is 6.92 Å². The maximum Gasteiger partial charge on any atom is 0.153 e. The van der Waals surface area contributed by atoms with Crippen LogP contribution < -0.4 is 10.1 Å². The Kier molecular flexibility index (Phi) is 1.86. The zero-order valence-electron chi connectivity index (χ0n) is 8.75. The molecule has 0 saturated carbocycles. The number of nitrogens with one attached hydrogen (secondary N) is 1. The van der Waals surface area contributed by atoms with Crippen LogP contribution in [0.2, 0.25) is 0 Å². The van der Waals surface area contributed by atoms with Crippen molar-refractivity contribution in [2.75, 3.05) is 5.32 Å². The molecule has 16 heavy (non-hydrogen) atoms. The second-order valence-corrected chi connectivity index (χ2v) is 3.87. The summed E-state index contributed by atoms with van der Waals surface area (Å²) in [5.74, 6) is 0.966. The molecule has 1 aliphatic heterocycles. The molecule has 0 bridgehead atoms. The summed E-state index contributed by atoms with van der Waals surface area (Å²) in [5, 5.41) is 3.20. The number of halogens is 1. The lowest BCUT2D eigenvalue weighted by molar-refractivity contribution is 0.475. The summed E-state index contributed by atoms with van der Waals surface area (Å²) in [6.45, 7) is 1.99. The van der Waals surface area contributed by atoms with Crippen molar-refractivity contribution >= 4 is 11.4 Å². The molecule has 3 heteroatoms. The van der Waals surface area contributed by atoms with Gasteiger partial charge in [0, 0.05) is 6.07 Å². The van der Waals surface area contributed by atoms with Crippen molar-refractivity contribution in [3.63, 3.8) is 0 Å². The van der Waals surface area contributed by atoms with Crippen LogP contribution in [0.4, 0.5) is 15.8 Å². The van der Waals surface area contributed by atoms with E-state index in [1.807, 2.05) is 25.1 Å². The highest BCUT2D eigenvalue weighted by Crippen LogP contribution is 2.42. The highest BCUT2D eigenvalue weighted by atomic mass is 19.1. The number of benzene rings is 2. The Labute approximate surface area is 92.7 Å². The zero-order valence-corrected chi connectivity index (χ0v) is 8.75. The highest BCUT2D eigenvalue weighted by molar-refractivity contribution is 5.75. The maximum atomic E-state index is 13.0. The molecule has 0 saturated heterocycles. The monoisotopic (exact) mass is 215 g/mol. The number of ether oxygens (including phenoxy) is 1. The fourth-order valence-corrected chi connectivity index (χ4v) is 1.76. The zero-order chi connectivity index (χ0) is 11.1. The lowest BCUT2D eigenvalue weighted by Gasteiger charge is -2.21. The van der Waals surface area contributed by atoms with E-state index in [1.54, 1.807) is 6.07 Å². The molecule has 0 unspecified atom stereocenters. The summed E-state index contributed by atoms with van der Waals surface area (Å²) in [6, 6.07) is 10.4. The Hall–Kier alpha value is -2.03. The quantitative estimate of drug-likeness (QED) is 0.612. The van der Waals surface area contributed by atoms with E-state index in [9.17, 15) is 4.39 Å². The molecule has 0 amide bonds. The largest absolute Gasteiger partial charge is 0.453 e. The van der Waals surface area contributed by atoms with Crippen LogP contribution in [0.25, 0.3) is 0 Å². The van der Waals surface area contributed by atoms with Crippen LogP contribution in [0.5, 0.6) is 11.5 Å². The first-order valence-corrected chi connectivity index (χ1v) is 5.07. The molecule has 0 aromatic heterocycles. The second kappa shape index (κ2) is 3.23. The predicted molar refractivity (Wildman–Crippen MR) is 60.9 cm³/mol. The van der Waals surface area contributed by atoms with Crippen molar-refractivity contribution in [3.8, 4) is 11.5 Å². The molecule has 0 radical (unpaired) electrons. The van der Waals surface area contributed by atoms with Gasteiger partial charge < -0.3 is 10.1 Å². The summed E-state index contributed by atoms with van der Waals surface area (Å²) < 4.78 is 18.7. The summed E-state index contributed by atoms with van der Waals surface area (Å²) in [6.07, 6.45) is 0. The van der Waals surface area contributed by atoms with Gasteiger partial charge in [-0.2, -0.15) is 0 Å².